The van der Waals surface area contributed by atoms with Crippen molar-refractivity contribution >= 4 is 23.2 Å². The lowest BCUT2D eigenvalue weighted by Crippen LogP contribution is -2.25. The predicted octanol–water partition coefficient (Wildman–Crippen LogP) is 5.08. The maximum Gasteiger partial charge on any atom is 0.0595 e. The van der Waals surface area contributed by atoms with Gasteiger partial charge in [0.2, 0.25) is 0 Å². The van der Waals surface area contributed by atoms with Crippen molar-refractivity contribution in [3.05, 3.63) is 33.8 Å². The van der Waals surface area contributed by atoms with Gasteiger partial charge in [0, 0.05) is 6.04 Å². The van der Waals surface area contributed by atoms with Crippen molar-refractivity contribution in [2.24, 2.45) is 5.92 Å². The van der Waals surface area contributed by atoms with E-state index in [1.165, 1.54) is 18.4 Å². The van der Waals surface area contributed by atoms with E-state index < -0.39 is 0 Å². The number of nitrogens with one attached hydrogen (secondary N) is 1. The second kappa shape index (κ2) is 7.25. The van der Waals surface area contributed by atoms with E-state index in [0.29, 0.717) is 16.1 Å². The van der Waals surface area contributed by atoms with Crippen LogP contribution in [0.3, 0.4) is 0 Å². The summed E-state index contributed by atoms with van der Waals surface area (Å²) < 4.78 is 0. The highest BCUT2D eigenvalue weighted by Gasteiger charge is 2.09. The molecule has 1 aromatic carbocycles. The first-order chi connectivity index (χ1) is 8.08. The van der Waals surface area contributed by atoms with E-state index in [9.17, 15) is 0 Å². The molecule has 1 unspecified atom stereocenters. The molecule has 1 N–H and O–H groups in total. The van der Waals surface area contributed by atoms with Gasteiger partial charge in [-0.2, -0.15) is 0 Å². The number of hydrogen-bond donors (Lipinski definition) is 1. The van der Waals surface area contributed by atoms with Crippen LogP contribution in [0.2, 0.25) is 10.0 Å². The largest absolute Gasteiger partial charge is 0.310 e. The second-order valence-electron chi connectivity index (χ2n) is 4.49. The summed E-state index contributed by atoms with van der Waals surface area (Å²) in [6, 6.07) is 6.13. The Morgan fingerprint density at radius 1 is 1.12 bits per heavy atom. The maximum atomic E-state index is 6.02. The van der Waals surface area contributed by atoms with Gasteiger partial charge in [-0.05, 0) is 37.1 Å². The van der Waals surface area contributed by atoms with Crippen molar-refractivity contribution in [2.45, 2.75) is 39.7 Å². The summed E-state index contributed by atoms with van der Waals surface area (Å²) in [5, 5.41) is 4.78. The molecular weight excluding hydrogens is 253 g/mol. The van der Waals surface area contributed by atoms with E-state index in [1.807, 2.05) is 18.2 Å². The highest BCUT2D eigenvalue weighted by Crippen LogP contribution is 2.25. The lowest BCUT2D eigenvalue weighted by atomic mass is 10.0. The zero-order valence-electron chi connectivity index (χ0n) is 10.8. The van der Waals surface area contributed by atoms with Crippen LogP contribution < -0.4 is 5.32 Å². The summed E-state index contributed by atoms with van der Waals surface area (Å²) in [7, 11) is 0. The van der Waals surface area contributed by atoms with Crippen molar-refractivity contribution in [2.75, 3.05) is 6.54 Å². The van der Waals surface area contributed by atoms with Crippen LogP contribution in [0.5, 0.6) is 0 Å². The van der Waals surface area contributed by atoms with Crippen LogP contribution >= 0.6 is 23.2 Å². The fraction of sp³-hybridized carbons (Fsp3) is 0.571. The average Bonchev–Trinajstić information content (AvgIpc) is 2.33. The summed E-state index contributed by atoms with van der Waals surface area (Å²) in [5.41, 5.74) is 1.19. The molecule has 0 bridgehead atoms. The Hall–Kier alpha value is -0.240. The molecule has 0 saturated carbocycles. The monoisotopic (exact) mass is 273 g/mol. The molecule has 0 saturated heterocycles. The molecule has 0 heterocycles. The van der Waals surface area contributed by atoms with Crippen LogP contribution in [-0.2, 0) is 0 Å². The molecule has 0 fully saturated rings. The SMILES string of the molecule is CCC(CC)CNC(C)c1ccc(Cl)c(Cl)c1. The highest BCUT2D eigenvalue weighted by atomic mass is 35.5. The van der Waals surface area contributed by atoms with E-state index in [-0.39, 0.29) is 0 Å². The molecule has 0 radical (unpaired) electrons. The molecular formula is C14H21Cl2N. The minimum absolute atomic E-state index is 0.311. The van der Waals surface area contributed by atoms with E-state index in [2.05, 4.69) is 26.1 Å². The Bertz CT molecular complexity index is 348. The zero-order chi connectivity index (χ0) is 12.8. The maximum absolute atomic E-state index is 6.02. The van der Waals surface area contributed by atoms with Crippen molar-refractivity contribution in [1.82, 2.24) is 5.32 Å². The number of halogens is 2. The highest BCUT2D eigenvalue weighted by molar-refractivity contribution is 6.42. The van der Waals surface area contributed by atoms with Crippen molar-refractivity contribution < 1.29 is 0 Å². The fourth-order valence-electron chi connectivity index (χ4n) is 1.82. The van der Waals surface area contributed by atoms with Gasteiger partial charge in [-0.3, -0.25) is 0 Å². The number of benzene rings is 1. The molecule has 0 amide bonds. The van der Waals surface area contributed by atoms with Crippen LogP contribution in [0.15, 0.2) is 18.2 Å². The summed E-state index contributed by atoms with van der Waals surface area (Å²) in [6.45, 7) is 7.68. The number of hydrogen-bond acceptors (Lipinski definition) is 1. The molecule has 1 atom stereocenters. The van der Waals surface area contributed by atoms with Gasteiger partial charge in [-0.1, -0.05) is 56.0 Å². The molecule has 0 aliphatic rings. The first kappa shape index (κ1) is 14.8. The standard InChI is InChI=1S/C14H21Cl2N/c1-4-11(5-2)9-17-10(3)12-6-7-13(15)14(16)8-12/h6-8,10-11,17H,4-5,9H2,1-3H3. The normalized spacial score (nSPS) is 13.1. The Morgan fingerprint density at radius 3 is 2.29 bits per heavy atom. The minimum atomic E-state index is 0.311. The Labute approximate surface area is 115 Å². The van der Waals surface area contributed by atoms with Gasteiger partial charge in [0.05, 0.1) is 10.0 Å². The number of rotatable bonds is 6. The third kappa shape index (κ3) is 4.50. The van der Waals surface area contributed by atoms with E-state index in [0.717, 1.165) is 12.5 Å². The van der Waals surface area contributed by atoms with Crippen molar-refractivity contribution in [3.63, 3.8) is 0 Å². The molecule has 0 aromatic heterocycles. The Kier molecular flexibility index (Phi) is 6.32. The summed E-state index contributed by atoms with van der Waals surface area (Å²) >= 11 is 11.9. The van der Waals surface area contributed by atoms with Crippen molar-refractivity contribution in [1.29, 1.82) is 0 Å². The topological polar surface area (TPSA) is 12.0 Å². The third-order valence-corrected chi connectivity index (χ3v) is 4.05. The minimum Gasteiger partial charge on any atom is -0.310 e. The lowest BCUT2D eigenvalue weighted by Gasteiger charge is -2.19. The van der Waals surface area contributed by atoms with Crippen LogP contribution in [0.4, 0.5) is 0 Å². The molecule has 0 aliphatic carbocycles. The smallest absolute Gasteiger partial charge is 0.0595 e. The van der Waals surface area contributed by atoms with Gasteiger partial charge in [0.15, 0.2) is 0 Å². The summed E-state index contributed by atoms with van der Waals surface area (Å²) in [6.07, 6.45) is 2.44. The van der Waals surface area contributed by atoms with Crippen LogP contribution in [0, 0.1) is 5.92 Å². The molecule has 1 aromatic rings. The Balaban J connectivity index is 2.57. The third-order valence-electron chi connectivity index (χ3n) is 3.31. The molecule has 1 rings (SSSR count). The average molecular weight is 274 g/mol. The second-order valence-corrected chi connectivity index (χ2v) is 5.30. The molecule has 1 nitrogen and oxygen atoms in total. The first-order valence-corrected chi connectivity index (χ1v) is 7.02. The van der Waals surface area contributed by atoms with Gasteiger partial charge in [-0.15, -0.1) is 0 Å². The lowest BCUT2D eigenvalue weighted by molar-refractivity contribution is 0.422. The molecule has 96 valence electrons. The van der Waals surface area contributed by atoms with Crippen LogP contribution in [0.1, 0.15) is 45.2 Å². The van der Waals surface area contributed by atoms with Crippen LogP contribution in [-0.4, -0.2) is 6.54 Å². The van der Waals surface area contributed by atoms with Gasteiger partial charge in [-0.25, -0.2) is 0 Å². The van der Waals surface area contributed by atoms with Gasteiger partial charge < -0.3 is 5.32 Å². The molecule has 0 spiro atoms. The van der Waals surface area contributed by atoms with Gasteiger partial charge in [0.1, 0.15) is 0 Å². The molecule has 17 heavy (non-hydrogen) atoms. The quantitative estimate of drug-likeness (QED) is 0.762. The predicted molar refractivity (Wildman–Crippen MR) is 77.0 cm³/mol. The van der Waals surface area contributed by atoms with E-state index in [4.69, 9.17) is 23.2 Å². The summed E-state index contributed by atoms with van der Waals surface area (Å²) in [4.78, 5) is 0. The zero-order valence-corrected chi connectivity index (χ0v) is 12.3. The summed E-state index contributed by atoms with van der Waals surface area (Å²) in [5.74, 6) is 0.750. The fourth-order valence-corrected chi connectivity index (χ4v) is 2.13. The van der Waals surface area contributed by atoms with Crippen molar-refractivity contribution in [3.8, 4) is 0 Å². The van der Waals surface area contributed by atoms with Gasteiger partial charge >= 0.3 is 0 Å². The van der Waals surface area contributed by atoms with E-state index >= 15 is 0 Å². The van der Waals surface area contributed by atoms with Gasteiger partial charge in [0.25, 0.3) is 0 Å². The first-order valence-electron chi connectivity index (χ1n) is 6.26. The van der Waals surface area contributed by atoms with E-state index in [1.54, 1.807) is 0 Å². The molecule has 3 heteroatoms. The van der Waals surface area contributed by atoms with Crippen LogP contribution in [0.25, 0.3) is 0 Å². The Morgan fingerprint density at radius 2 is 1.76 bits per heavy atom. The molecule has 0 aliphatic heterocycles.